The predicted octanol–water partition coefficient (Wildman–Crippen LogP) is 2.45. The summed E-state index contributed by atoms with van der Waals surface area (Å²) in [6.45, 7) is 6.53. The Morgan fingerprint density at radius 2 is 2.28 bits per heavy atom. The molecule has 0 fully saturated rings. The molecule has 0 saturated carbocycles. The fourth-order valence-corrected chi connectivity index (χ4v) is 3.82. The predicted molar refractivity (Wildman–Crippen MR) is 74.1 cm³/mol. The fourth-order valence-electron chi connectivity index (χ4n) is 2.46. The Morgan fingerprint density at radius 3 is 3.00 bits per heavy atom. The molecular formula is C14H21NO2S. The lowest BCUT2D eigenvalue weighted by Crippen LogP contribution is -2.23. The molecule has 0 saturated heterocycles. The molecule has 3 nitrogen and oxygen atoms in total. The number of carbonyl (C=O) groups excluding carboxylic acids is 1. The van der Waals surface area contributed by atoms with E-state index >= 15 is 0 Å². The third kappa shape index (κ3) is 2.93. The van der Waals surface area contributed by atoms with Crippen molar-refractivity contribution in [3.63, 3.8) is 0 Å². The average Bonchev–Trinajstić information content (AvgIpc) is 2.68. The van der Waals surface area contributed by atoms with Gasteiger partial charge in [0.25, 0.3) is 0 Å². The molecule has 100 valence electrons. The van der Waals surface area contributed by atoms with Gasteiger partial charge >= 0.3 is 5.97 Å². The van der Waals surface area contributed by atoms with Crippen LogP contribution in [-0.2, 0) is 35.3 Å². The van der Waals surface area contributed by atoms with E-state index in [-0.39, 0.29) is 5.97 Å². The molecular weight excluding hydrogens is 246 g/mol. The summed E-state index contributed by atoms with van der Waals surface area (Å²) in [6.07, 6.45) is 3.74. The number of esters is 1. The summed E-state index contributed by atoms with van der Waals surface area (Å²) in [4.78, 5) is 14.3. The van der Waals surface area contributed by atoms with Crippen molar-refractivity contribution in [3.8, 4) is 0 Å². The van der Waals surface area contributed by atoms with E-state index in [1.165, 1.54) is 20.9 Å². The second-order valence-electron chi connectivity index (χ2n) is 4.56. The number of nitrogens with one attached hydrogen (secondary N) is 1. The van der Waals surface area contributed by atoms with E-state index in [1.54, 1.807) is 0 Å². The minimum Gasteiger partial charge on any atom is -0.466 e. The lowest BCUT2D eigenvalue weighted by Gasteiger charge is -2.14. The Labute approximate surface area is 113 Å². The molecule has 4 heteroatoms. The standard InChI is InChI=1S/C14H21NO2S/c1-3-5-10-11-9-15-7-6-12(11)18-13(10)8-14(16)17-4-2/h15H,3-9H2,1-2H3. The van der Waals surface area contributed by atoms with Gasteiger partial charge in [0.2, 0.25) is 0 Å². The molecule has 1 aromatic heterocycles. The molecule has 0 aromatic carbocycles. The first-order valence-electron chi connectivity index (χ1n) is 6.74. The molecule has 0 radical (unpaired) electrons. The van der Waals surface area contributed by atoms with Crippen LogP contribution in [0.25, 0.3) is 0 Å². The maximum absolute atomic E-state index is 11.7. The fraction of sp³-hybridized carbons (Fsp3) is 0.643. The molecule has 0 spiro atoms. The topological polar surface area (TPSA) is 38.3 Å². The monoisotopic (exact) mass is 267 g/mol. The summed E-state index contributed by atoms with van der Waals surface area (Å²) >= 11 is 1.82. The third-order valence-electron chi connectivity index (χ3n) is 3.22. The zero-order valence-electron chi connectivity index (χ0n) is 11.2. The van der Waals surface area contributed by atoms with Gasteiger partial charge in [0, 0.05) is 22.8 Å². The molecule has 0 amide bonds. The van der Waals surface area contributed by atoms with Crippen molar-refractivity contribution in [2.24, 2.45) is 0 Å². The smallest absolute Gasteiger partial charge is 0.311 e. The van der Waals surface area contributed by atoms with Gasteiger partial charge in [-0.1, -0.05) is 13.3 Å². The minimum atomic E-state index is -0.0959. The molecule has 0 atom stereocenters. The third-order valence-corrected chi connectivity index (χ3v) is 4.56. The van der Waals surface area contributed by atoms with E-state index in [0.29, 0.717) is 13.0 Å². The average molecular weight is 267 g/mol. The van der Waals surface area contributed by atoms with Crippen LogP contribution >= 0.6 is 11.3 Å². The maximum atomic E-state index is 11.7. The summed E-state index contributed by atoms with van der Waals surface area (Å²) < 4.78 is 5.06. The number of hydrogen-bond donors (Lipinski definition) is 1. The van der Waals surface area contributed by atoms with Crippen LogP contribution in [0.4, 0.5) is 0 Å². The molecule has 1 N–H and O–H groups in total. The van der Waals surface area contributed by atoms with E-state index in [9.17, 15) is 4.79 Å². The van der Waals surface area contributed by atoms with Crippen molar-refractivity contribution in [2.45, 2.75) is 46.1 Å². The molecule has 1 aromatic rings. The Kier molecular flexibility index (Phi) is 4.78. The molecule has 2 heterocycles. The van der Waals surface area contributed by atoms with Crippen molar-refractivity contribution >= 4 is 17.3 Å². The Morgan fingerprint density at radius 1 is 1.44 bits per heavy atom. The minimum absolute atomic E-state index is 0.0959. The Balaban J connectivity index is 2.22. The van der Waals surface area contributed by atoms with Crippen molar-refractivity contribution in [1.29, 1.82) is 0 Å². The first-order valence-corrected chi connectivity index (χ1v) is 7.56. The number of thiophene rings is 1. The van der Waals surface area contributed by atoms with E-state index in [1.807, 2.05) is 18.3 Å². The molecule has 0 bridgehead atoms. The zero-order chi connectivity index (χ0) is 13.0. The SMILES string of the molecule is CCCc1c(CC(=O)OCC)sc2c1CNCC2. The summed E-state index contributed by atoms with van der Waals surface area (Å²) in [5.74, 6) is -0.0959. The molecule has 1 aliphatic heterocycles. The van der Waals surface area contributed by atoms with Crippen LogP contribution in [0, 0.1) is 0 Å². The van der Waals surface area contributed by atoms with Crippen LogP contribution in [0.3, 0.4) is 0 Å². The highest BCUT2D eigenvalue weighted by atomic mass is 32.1. The molecule has 0 aliphatic carbocycles. The summed E-state index contributed by atoms with van der Waals surface area (Å²) in [7, 11) is 0. The van der Waals surface area contributed by atoms with Gasteiger partial charge in [-0.05, 0) is 30.9 Å². The van der Waals surface area contributed by atoms with E-state index in [4.69, 9.17) is 4.74 Å². The summed E-state index contributed by atoms with van der Waals surface area (Å²) in [6, 6.07) is 0. The van der Waals surface area contributed by atoms with E-state index in [0.717, 1.165) is 32.4 Å². The maximum Gasteiger partial charge on any atom is 0.311 e. The van der Waals surface area contributed by atoms with Gasteiger partial charge in [-0.15, -0.1) is 11.3 Å². The highest BCUT2D eigenvalue weighted by molar-refractivity contribution is 7.12. The summed E-state index contributed by atoms with van der Waals surface area (Å²) in [5.41, 5.74) is 2.85. The van der Waals surface area contributed by atoms with Crippen LogP contribution in [0.15, 0.2) is 0 Å². The van der Waals surface area contributed by atoms with Crippen molar-refractivity contribution < 1.29 is 9.53 Å². The number of hydrogen-bond acceptors (Lipinski definition) is 4. The first-order chi connectivity index (χ1) is 8.76. The first kappa shape index (κ1) is 13.6. The lowest BCUT2D eigenvalue weighted by atomic mass is 10.00. The highest BCUT2D eigenvalue weighted by Crippen LogP contribution is 2.32. The largest absolute Gasteiger partial charge is 0.466 e. The van der Waals surface area contributed by atoms with Gasteiger partial charge in [-0.3, -0.25) is 4.79 Å². The van der Waals surface area contributed by atoms with Crippen molar-refractivity contribution in [3.05, 3.63) is 20.9 Å². The van der Waals surface area contributed by atoms with Crippen molar-refractivity contribution in [1.82, 2.24) is 5.32 Å². The summed E-state index contributed by atoms with van der Waals surface area (Å²) in [5, 5.41) is 3.42. The highest BCUT2D eigenvalue weighted by Gasteiger charge is 2.21. The van der Waals surface area contributed by atoms with Gasteiger partial charge < -0.3 is 10.1 Å². The van der Waals surface area contributed by atoms with E-state index < -0.39 is 0 Å². The van der Waals surface area contributed by atoms with E-state index in [2.05, 4.69) is 12.2 Å². The Hall–Kier alpha value is -0.870. The van der Waals surface area contributed by atoms with Gasteiger partial charge in [0.1, 0.15) is 0 Å². The van der Waals surface area contributed by atoms with Crippen LogP contribution in [0.5, 0.6) is 0 Å². The van der Waals surface area contributed by atoms with Crippen LogP contribution in [0.1, 0.15) is 41.1 Å². The number of fused-ring (bicyclic) bond motifs is 1. The normalized spacial score (nSPS) is 14.3. The number of ether oxygens (including phenoxy) is 1. The second-order valence-corrected chi connectivity index (χ2v) is 5.75. The lowest BCUT2D eigenvalue weighted by molar-refractivity contribution is -0.142. The van der Waals surface area contributed by atoms with Crippen LogP contribution in [0.2, 0.25) is 0 Å². The quantitative estimate of drug-likeness (QED) is 0.833. The molecule has 1 aliphatic rings. The van der Waals surface area contributed by atoms with Crippen LogP contribution < -0.4 is 5.32 Å². The number of carbonyl (C=O) groups is 1. The van der Waals surface area contributed by atoms with Gasteiger partial charge in [0.15, 0.2) is 0 Å². The van der Waals surface area contributed by atoms with Crippen molar-refractivity contribution in [2.75, 3.05) is 13.2 Å². The van der Waals surface area contributed by atoms with Crippen LogP contribution in [-0.4, -0.2) is 19.1 Å². The second kappa shape index (κ2) is 6.34. The van der Waals surface area contributed by atoms with Gasteiger partial charge in [-0.25, -0.2) is 0 Å². The Bertz CT molecular complexity index is 426. The number of rotatable bonds is 5. The molecule has 2 rings (SSSR count). The molecule has 0 unspecified atom stereocenters. The molecule has 18 heavy (non-hydrogen) atoms. The zero-order valence-corrected chi connectivity index (χ0v) is 12.0. The van der Waals surface area contributed by atoms with Gasteiger partial charge in [0.05, 0.1) is 13.0 Å². The van der Waals surface area contributed by atoms with Gasteiger partial charge in [-0.2, -0.15) is 0 Å².